The number of aryl methyl sites for hydroxylation is 1. The molecule has 4 nitrogen and oxygen atoms in total. The number of nitrogens with zero attached hydrogens (tertiary/aromatic N) is 3. The second-order valence-corrected chi connectivity index (χ2v) is 4.24. The molecular formula is C14H12FN3O. The maximum absolute atomic E-state index is 13.2. The minimum atomic E-state index is -0.291. The summed E-state index contributed by atoms with van der Waals surface area (Å²) in [5, 5.41) is 0. The molecule has 0 aliphatic heterocycles. The first kappa shape index (κ1) is 11.6. The third-order valence-corrected chi connectivity index (χ3v) is 3.05. The lowest BCUT2D eigenvalue weighted by molar-refractivity contribution is 0.413. The zero-order valence-corrected chi connectivity index (χ0v) is 10.6. The molecule has 0 saturated carbocycles. The van der Waals surface area contributed by atoms with E-state index in [0.717, 1.165) is 16.9 Å². The van der Waals surface area contributed by atoms with Gasteiger partial charge >= 0.3 is 0 Å². The lowest BCUT2D eigenvalue weighted by Crippen LogP contribution is -1.94. The first-order valence-electron chi connectivity index (χ1n) is 5.80. The number of halogens is 1. The predicted octanol–water partition coefficient (Wildman–Crippen LogP) is 2.78. The second-order valence-electron chi connectivity index (χ2n) is 4.24. The quantitative estimate of drug-likeness (QED) is 0.708. The summed E-state index contributed by atoms with van der Waals surface area (Å²) < 4.78 is 20.3. The number of rotatable bonds is 2. The third kappa shape index (κ3) is 1.93. The van der Waals surface area contributed by atoms with E-state index in [9.17, 15) is 4.39 Å². The van der Waals surface area contributed by atoms with Crippen LogP contribution in [0.15, 0.2) is 36.7 Å². The summed E-state index contributed by atoms with van der Waals surface area (Å²) in [7, 11) is 3.48. The fourth-order valence-corrected chi connectivity index (χ4v) is 2.08. The maximum atomic E-state index is 13.2. The summed E-state index contributed by atoms with van der Waals surface area (Å²) in [6.07, 6.45) is 3.34. The molecule has 2 heterocycles. The average Bonchev–Trinajstić information content (AvgIpc) is 2.75. The van der Waals surface area contributed by atoms with Crippen LogP contribution in [0.4, 0.5) is 4.39 Å². The van der Waals surface area contributed by atoms with Gasteiger partial charge in [-0.2, -0.15) is 0 Å². The molecule has 0 amide bonds. The van der Waals surface area contributed by atoms with Crippen LogP contribution in [-0.2, 0) is 7.05 Å². The zero-order valence-electron chi connectivity index (χ0n) is 10.6. The standard InChI is InChI=1S/C14H12FN3O/c1-18-13-4-3-10(15)6-12(13)17-14(18)9-5-11(19-2)8-16-7-9/h3-8H,1-2H3. The van der Waals surface area contributed by atoms with Crippen molar-refractivity contribution < 1.29 is 9.13 Å². The van der Waals surface area contributed by atoms with Gasteiger partial charge in [0.1, 0.15) is 17.4 Å². The summed E-state index contributed by atoms with van der Waals surface area (Å²) >= 11 is 0. The van der Waals surface area contributed by atoms with Gasteiger partial charge in [-0.05, 0) is 18.2 Å². The van der Waals surface area contributed by atoms with Crippen molar-refractivity contribution in [3.8, 4) is 17.1 Å². The molecule has 0 radical (unpaired) electrons. The van der Waals surface area contributed by atoms with E-state index in [0.29, 0.717) is 11.3 Å². The van der Waals surface area contributed by atoms with E-state index in [-0.39, 0.29) is 5.82 Å². The Morgan fingerprint density at radius 1 is 1.21 bits per heavy atom. The number of ether oxygens (including phenoxy) is 1. The number of imidazole rings is 1. The molecule has 96 valence electrons. The Hall–Kier alpha value is -2.43. The summed E-state index contributed by atoms with van der Waals surface area (Å²) in [5.41, 5.74) is 2.33. The van der Waals surface area contributed by atoms with Crippen LogP contribution >= 0.6 is 0 Å². The van der Waals surface area contributed by atoms with Crippen molar-refractivity contribution in [1.82, 2.24) is 14.5 Å². The highest BCUT2D eigenvalue weighted by molar-refractivity contribution is 5.80. The molecule has 0 atom stereocenters. The lowest BCUT2D eigenvalue weighted by Gasteiger charge is -2.04. The van der Waals surface area contributed by atoms with Crippen LogP contribution in [0.5, 0.6) is 5.75 Å². The van der Waals surface area contributed by atoms with Crippen LogP contribution in [0.2, 0.25) is 0 Å². The summed E-state index contributed by atoms with van der Waals surface area (Å²) in [4.78, 5) is 8.55. The van der Waals surface area contributed by atoms with Crippen molar-refractivity contribution in [2.75, 3.05) is 7.11 Å². The van der Waals surface area contributed by atoms with E-state index in [2.05, 4.69) is 9.97 Å². The van der Waals surface area contributed by atoms with E-state index in [4.69, 9.17) is 4.74 Å². The zero-order chi connectivity index (χ0) is 13.4. The number of pyridine rings is 1. The van der Waals surface area contributed by atoms with Crippen molar-refractivity contribution in [1.29, 1.82) is 0 Å². The van der Waals surface area contributed by atoms with Crippen molar-refractivity contribution >= 4 is 11.0 Å². The highest BCUT2D eigenvalue weighted by atomic mass is 19.1. The van der Waals surface area contributed by atoms with Crippen LogP contribution in [0, 0.1) is 5.82 Å². The fourth-order valence-electron chi connectivity index (χ4n) is 2.08. The minimum Gasteiger partial charge on any atom is -0.495 e. The number of hydrogen-bond acceptors (Lipinski definition) is 3. The molecule has 0 N–H and O–H groups in total. The van der Waals surface area contributed by atoms with E-state index in [1.54, 1.807) is 25.6 Å². The van der Waals surface area contributed by atoms with Crippen molar-refractivity contribution in [2.24, 2.45) is 7.05 Å². The third-order valence-electron chi connectivity index (χ3n) is 3.05. The Balaban J connectivity index is 2.21. The second kappa shape index (κ2) is 4.35. The molecule has 0 aliphatic rings. The normalized spacial score (nSPS) is 10.9. The van der Waals surface area contributed by atoms with Crippen LogP contribution in [0.3, 0.4) is 0 Å². The van der Waals surface area contributed by atoms with Gasteiger partial charge in [-0.15, -0.1) is 0 Å². The Bertz CT molecular complexity index is 752. The summed E-state index contributed by atoms with van der Waals surface area (Å²) in [5.74, 6) is 1.10. The monoisotopic (exact) mass is 257 g/mol. The highest BCUT2D eigenvalue weighted by Gasteiger charge is 2.11. The number of methoxy groups -OCH3 is 1. The number of aromatic nitrogens is 3. The van der Waals surface area contributed by atoms with E-state index in [1.165, 1.54) is 12.1 Å². The molecule has 1 aromatic carbocycles. The molecule has 5 heteroatoms. The first-order chi connectivity index (χ1) is 9.19. The average molecular weight is 257 g/mol. The fraction of sp³-hybridized carbons (Fsp3) is 0.143. The lowest BCUT2D eigenvalue weighted by atomic mass is 10.2. The topological polar surface area (TPSA) is 39.9 Å². The summed E-state index contributed by atoms with van der Waals surface area (Å²) in [6.45, 7) is 0. The SMILES string of the molecule is COc1cncc(-c2nc3cc(F)ccc3n2C)c1. The van der Waals surface area contributed by atoms with Crippen LogP contribution in [-0.4, -0.2) is 21.6 Å². The minimum absolute atomic E-state index is 0.291. The Kier molecular flexibility index (Phi) is 2.67. The Morgan fingerprint density at radius 3 is 2.84 bits per heavy atom. The smallest absolute Gasteiger partial charge is 0.142 e. The van der Waals surface area contributed by atoms with Gasteiger partial charge in [-0.3, -0.25) is 4.98 Å². The maximum Gasteiger partial charge on any atom is 0.142 e. The first-order valence-corrected chi connectivity index (χ1v) is 5.80. The molecule has 0 saturated heterocycles. The van der Waals surface area contributed by atoms with Crippen LogP contribution < -0.4 is 4.74 Å². The molecule has 19 heavy (non-hydrogen) atoms. The number of hydrogen-bond donors (Lipinski definition) is 0. The molecule has 0 bridgehead atoms. The Labute approximate surface area is 109 Å². The molecule has 2 aromatic heterocycles. The van der Waals surface area contributed by atoms with E-state index >= 15 is 0 Å². The molecule has 0 unspecified atom stereocenters. The van der Waals surface area contributed by atoms with Crippen molar-refractivity contribution in [3.63, 3.8) is 0 Å². The van der Waals surface area contributed by atoms with Crippen molar-refractivity contribution in [3.05, 3.63) is 42.5 Å². The van der Waals surface area contributed by atoms with Gasteiger partial charge in [0.25, 0.3) is 0 Å². The molecule has 0 spiro atoms. The van der Waals surface area contributed by atoms with Gasteiger partial charge < -0.3 is 9.30 Å². The Morgan fingerprint density at radius 2 is 2.05 bits per heavy atom. The molecule has 0 aliphatic carbocycles. The van der Waals surface area contributed by atoms with E-state index in [1.807, 2.05) is 17.7 Å². The van der Waals surface area contributed by atoms with Gasteiger partial charge in [-0.25, -0.2) is 9.37 Å². The predicted molar refractivity (Wildman–Crippen MR) is 70.5 cm³/mol. The molecule has 3 rings (SSSR count). The van der Waals surface area contributed by atoms with Crippen molar-refractivity contribution in [2.45, 2.75) is 0 Å². The van der Waals surface area contributed by atoms with E-state index < -0.39 is 0 Å². The van der Waals surface area contributed by atoms with Crippen LogP contribution in [0.1, 0.15) is 0 Å². The molecular weight excluding hydrogens is 245 g/mol. The highest BCUT2D eigenvalue weighted by Crippen LogP contribution is 2.25. The van der Waals surface area contributed by atoms with Gasteiger partial charge in [0.15, 0.2) is 0 Å². The van der Waals surface area contributed by atoms with Gasteiger partial charge in [0.05, 0.1) is 24.3 Å². The molecule has 0 fully saturated rings. The van der Waals surface area contributed by atoms with Crippen LogP contribution in [0.25, 0.3) is 22.4 Å². The van der Waals surface area contributed by atoms with Gasteiger partial charge in [0, 0.05) is 24.9 Å². The number of benzene rings is 1. The van der Waals surface area contributed by atoms with Gasteiger partial charge in [0.2, 0.25) is 0 Å². The van der Waals surface area contributed by atoms with Gasteiger partial charge in [-0.1, -0.05) is 0 Å². The number of fused-ring (bicyclic) bond motifs is 1. The largest absolute Gasteiger partial charge is 0.495 e. The molecule has 3 aromatic rings. The summed E-state index contributed by atoms with van der Waals surface area (Å²) in [6, 6.07) is 6.42.